The lowest BCUT2D eigenvalue weighted by Crippen LogP contribution is -2.15. The molecule has 3 heteroatoms. The highest BCUT2D eigenvalue weighted by molar-refractivity contribution is 5.93. The van der Waals surface area contributed by atoms with Crippen LogP contribution < -0.4 is 0 Å². The van der Waals surface area contributed by atoms with Gasteiger partial charge in [-0.1, -0.05) is 52.5 Å². The number of hydrogen-bond donors (Lipinski definition) is 0. The molecule has 0 heterocycles. The molecule has 0 aromatic rings. The Kier molecular flexibility index (Phi) is 13.8. The Morgan fingerprint density at radius 2 is 1.84 bits per heavy atom. The van der Waals surface area contributed by atoms with E-state index in [1.54, 1.807) is 13.8 Å². The van der Waals surface area contributed by atoms with Crippen molar-refractivity contribution in [3.8, 4) is 6.07 Å². The number of ether oxygens (including phenoxy) is 1. The molecule has 0 fully saturated rings. The first-order valence-corrected chi connectivity index (χ1v) is 7.31. The second kappa shape index (κ2) is 13.1. The molecule has 0 rings (SSSR count). The van der Waals surface area contributed by atoms with Crippen molar-refractivity contribution < 1.29 is 9.53 Å². The van der Waals surface area contributed by atoms with Gasteiger partial charge in [0.1, 0.15) is 11.6 Å². The minimum Gasteiger partial charge on any atom is -0.461 e. The molecule has 0 aliphatic rings. The average molecular weight is 267 g/mol. The Labute approximate surface area is 118 Å². The van der Waals surface area contributed by atoms with Crippen molar-refractivity contribution in [1.82, 2.24) is 0 Å². The fraction of sp³-hybridized carbons (Fsp3) is 0.750. The van der Waals surface area contributed by atoms with E-state index in [1.165, 1.54) is 0 Å². The van der Waals surface area contributed by atoms with E-state index in [2.05, 4.69) is 13.8 Å². The van der Waals surface area contributed by atoms with Gasteiger partial charge in [-0.2, -0.15) is 5.26 Å². The van der Waals surface area contributed by atoms with Crippen LogP contribution in [0.1, 0.15) is 67.2 Å². The van der Waals surface area contributed by atoms with E-state index < -0.39 is 5.97 Å². The summed E-state index contributed by atoms with van der Waals surface area (Å²) >= 11 is 0. The summed E-state index contributed by atoms with van der Waals surface area (Å²) in [6, 6.07) is 1.89. The lowest BCUT2D eigenvalue weighted by atomic mass is 10.0. The molecule has 0 spiro atoms. The van der Waals surface area contributed by atoms with Gasteiger partial charge in [-0.25, -0.2) is 4.79 Å². The van der Waals surface area contributed by atoms with Gasteiger partial charge in [0.15, 0.2) is 0 Å². The van der Waals surface area contributed by atoms with Gasteiger partial charge in [-0.15, -0.1) is 0 Å². The predicted octanol–water partition coefficient (Wildman–Crippen LogP) is 4.63. The zero-order valence-corrected chi connectivity index (χ0v) is 13.4. The van der Waals surface area contributed by atoms with E-state index in [0.29, 0.717) is 18.1 Å². The maximum absolute atomic E-state index is 11.6. The fourth-order valence-corrected chi connectivity index (χ4v) is 1.53. The molecule has 1 unspecified atom stereocenters. The monoisotopic (exact) mass is 267 g/mol. The highest BCUT2D eigenvalue weighted by atomic mass is 16.5. The van der Waals surface area contributed by atoms with Crippen LogP contribution in [0.15, 0.2) is 11.1 Å². The molecule has 1 atom stereocenters. The van der Waals surface area contributed by atoms with Crippen LogP contribution in [0.4, 0.5) is 0 Å². The van der Waals surface area contributed by atoms with Crippen molar-refractivity contribution in [2.45, 2.75) is 67.2 Å². The summed E-state index contributed by atoms with van der Waals surface area (Å²) in [4.78, 5) is 11.6. The normalized spacial score (nSPS) is 10.6. The largest absolute Gasteiger partial charge is 0.461 e. The third-order valence-corrected chi connectivity index (χ3v) is 2.81. The lowest BCUT2D eigenvalue weighted by Gasteiger charge is -2.14. The number of esters is 1. The fourth-order valence-electron chi connectivity index (χ4n) is 1.53. The molecule has 0 radical (unpaired) electrons. The highest BCUT2D eigenvalue weighted by Crippen LogP contribution is 2.14. The molecular formula is C16H29NO2. The summed E-state index contributed by atoms with van der Waals surface area (Å²) in [7, 11) is 0. The second-order valence-corrected chi connectivity index (χ2v) is 4.50. The van der Waals surface area contributed by atoms with Gasteiger partial charge in [0.05, 0.1) is 6.61 Å². The molecule has 0 N–H and O–H groups in total. The summed E-state index contributed by atoms with van der Waals surface area (Å²) in [5, 5.41) is 8.82. The smallest absolute Gasteiger partial charge is 0.348 e. The molecule has 0 aliphatic carbocycles. The Bertz CT molecular complexity index is 309. The number of rotatable bonds is 7. The summed E-state index contributed by atoms with van der Waals surface area (Å²) < 4.78 is 5.19. The maximum atomic E-state index is 11.6. The van der Waals surface area contributed by atoms with Crippen LogP contribution in [0, 0.1) is 17.2 Å². The summed E-state index contributed by atoms with van der Waals surface area (Å²) in [5.74, 6) is -0.0709. The SMILES string of the molecule is CC.CCCCC(CC)COC(=O)C(C#N)=C(C)C. The van der Waals surface area contributed by atoms with Crippen molar-refractivity contribution >= 4 is 5.97 Å². The average Bonchev–Trinajstić information content (AvgIpc) is 2.41. The molecule has 3 nitrogen and oxygen atoms in total. The van der Waals surface area contributed by atoms with E-state index in [9.17, 15) is 4.79 Å². The van der Waals surface area contributed by atoms with Gasteiger partial charge in [0.25, 0.3) is 0 Å². The Morgan fingerprint density at radius 3 is 2.21 bits per heavy atom. The lowest BCUT2D eigenvalue weighted by molar-refractivity contribution is -0.140. The summed E-state index contributed by atoms with van der Waals surface area (Å²) in [6.07, 6.45) is 4.40. The standard InChI is InChI=1S/C14H23NO2.C2H6/c1-5-7-8-12(6-2)10-17-14(16)13(9-15)11(3)4;1-2/h12H,5-8,10H2,1-4H3;1-2H3. The summed E-state index contributed by atoms with van der Waals surface area (Å²) in [6.45, 7) is 12.2. The van der Waals surface area contributed by atoms with Crippen molar-refractivity contribution in [3.05, 3.63) is 11.1 Å². The van der Waals surface area contributed by atoms with E-state index >= 15 is 0 Å². The van der Waals surface area contributed by atoms with Crippen LogP contribution in [-0.2, 0) is 9.53 Å². The van der Waals surface area contributed by atoms with Crippen LogP contribution in [-0.4, -0.2) is 12.6 Å². The molecule has 0 aromatic carbocycles. The molecule has 110 valence electrons. The van der Waals surface area contributed by atoms with Crippen molar-refractivity contribution in [3.63, 3.8) is 0 Å². The molecule has 19 heavy (non-hydrogen) atoms. The third kappa shape index (κ3) is 9.30. The van der Waals surface area contributed by atoms with Crippen LogP contribution in [0.2, 0.25) is 0 Å². The minimum atomic E-state index is -0.484. The van der Waals surface area contributed by atoms with Crippen molar-refractivity contribution in [2.75, 3.05) is 6.61 Å². The zero-order valence-electron chi connectivity index (χ0n) is 13.4. The van der Waals surface area contributed by atoms with Crippen LogP contribution in [0.5, 0.6) is 0 Å². The number of nitrogens with zero attached hydrogens (tertiary/aromatic N) is 1. The Hall–Kier alpha value is -1.30. The van der Waals surface area contributed by atoms with Crippen LogP contribution in [0.25, 0.3) is 0 Å². The number of carbonyl (C=O) groups excluding carboxylic acids is 1. The molecule has 0 aliphatic heterocycles. The first-order valence-electron chi connectivity index (χ1n) is 7.31. The van der Waals surface area contributed by atoms with Gasteiger partial charge in [0.2, 0.25) is 0 Å². The number of nitriles is 1. The minimum absolute atomic E-state index is 0.135. The van der Waals surface area contributed by atoms with E-state index in [4.69, 9.17) is 10.00 Å². The first kappa shape index (κ1) is 20.0. The molecular weight excluding hydrogens is 238 g/mol. The molecule has 0 amide bonds. The van der Waals surface area contributed by atoms with Crippen molar-refractivity contribution in [1.29, 1.82) is 5.26 Å². The Morgan fingerprint density at radius 1 is 1.26 bits per heavy atom. The predicted molar refractivity (Wildman–Crippen MR) is 79.6 cm³/mol. The quantitative estimate of drug-likeness (QED) is 0.384. The maximum Gasteiger partial charge on any atom is 0.348 e. The molecule has 0 saturated carbocycles. The van der Waals surface area contributed by atoms with E-state index in [0.717, 1.165) is 25.7 Å². The van der Waals surface area contributed by atoms with E-state index in [1.807, 2.05) is 19.9 Å². The number of hydrogen-bond acceptors (Lipinski definition) is 3. The number of carbonyl (C=O) groups is 1. The van der Waals surface area contributed by atoms with Crippen LogP contribution >= 0.6 is 0 Å². The second-order valence-electron chi connectivity index (χ2n) is 4.50. The van der Waals surface area contributed by atoms with Gasteiger partial charge < -0.3 is 4.74 Å². The molecule has 0 saturated heterocycles. The number of unbranched alkanes of at least 4 members (excludes halogenated alkanes) is 1. The third-order valence-electron chi connectivity index (χ3n) is 2.81. The Balaban J connectivity index is 0. The molecule has 0 bridgehead atoms. The van der Waals surface area contributed by atoms with Gasteiger partial charge in [-0.05, 0) is 26.2 Å². The zero-order chi connectivity index (χ0) is 15.3. The molecule has 0 aromatic heterocycles. The van der Waals surface area contributed by atoms with Gasteiger partial charge >= 0.3 is 5.97 Å². The topological polar surface area (TPSA) is 50.1 Å². The van der Waals surface area contributed by atoms with E-state index in [-0.39, 0.29) is 5.57 Å². The number of allylic oxidation sites excluding steroid dienone is 1. The van der Waals surface area contributed by atoms with Crippen molar-refractivity contribution in [2.24, 2.45) is 5.92 Å². The van der Waals surface area contributed by atoms with Gasteiger partial charge in [0, 0.05) is 0 Å². The summed E-state index contributed by atoms with van der Waals surface area (Å²) in [5.41, 5.74) is 0.842. The van der Waals surface area contributed by atoms with Crippen LogP contribution in [0.3, 0.4) is 0 Å². The van der Waals surface area contributed by atoms with Gasteiger partial charge in [-0.3, -0.25) is 0 Å². The highest BCUT2D eigenvalue weighted by Gasteiger charge is 2.14. The first-order chi connectivity index (χ1) is 9.06.